The number of benzene rings is 1. The van der Waals surface area contributed by atoms with Gasteiger partial charge >= 0.3 is 0 Å². The van der Waals surface area contributed by atoms with Crippen molar-refractivity contribution in [3.8, 4) is 5.69 Å². The molecule has 0 fully saturated rings. The second-order valence-electron chi connectivity index (χ2n) is 5.07. The summed E-state index contributed by atoms with van der Waals surface area (Å²) in [6.45, 7) is 6.50. The van der Waals surface area contributed by atoms with Crippen LogP contribution < -0.4 is 5.32 Å². The second kappa shape index (κ2) is 5.56. The lowest BCUT2D eigenvalue weighted by Crippen LogP contribution is -2.12. The van der Waals surface area contributed by atoms with Gasteiger partial charge in [-0.05, 0) is 12.8 Å². The van der Waals surface area contributed by atoms with Crippen molar-refractivity contribution in [1.82, 2.24) is 9.55 Å². The van der Waals surface area contributed by atoms with E-state index in [1.807, 2.05) is 13.8 Å². The van der Waals surface area contributed by atoms with Gasteiger partial charge in [0.05, 0.1) is 11.4 Å². The van der Waals surface area contributed by atoms with Crippen molar-refractivity contribution in [2.75, 3.05) is 11.9 Å². The molecule has 0 saturated heterocycles. The molecule has 0 saturated carbocycles. The van der Waals surface area contributed by atoms with Crippen molar-refractivity contribution in [3.63, 3.8) is 0 Å². The Morgan fingerprint density at radius 2 is 1.80 bits per heavy atom. The maximum absolute atomic E-state index is 13.3. The normalized spacial score (nSPS) is 11.2. The highest BCUT2D eigenvalue weighted by Crippen LogP contribution is 2.21. The molecule has 2 aromatic rings. The zero-order chi connectivity index (χ0) is 14.9. The van der Waals surface area contributed by atoms with E-state index in [-0.39, 0.29) is 5.69 Å². The molecule has 1 aromatic heterocycles. The van der Waals surface area contributed by atoms with Crippen molar-refractivity contribution in [2.45, 2.75) is 20.8 Å². The van der Waals surface area contributed by atoms with Crippen LogP contribution in [0, 0.1) is 30.3 Å². The zero-order valence-corrected chi connectivity index (χ0v) is 11.5. The topological polar surface area (TPSA) is 29.9 Å². The molecule has 0 spiro atoms. The summed E-state index contributed by atoms with van der Waals surface area (Å²) in [5.74, 6) is -3.05. The second-order valence-corrected chi connectivity index (χ2v) is 5.07. The number of imidazole rings is 1. The van der Waals surface area contributed by atoms with E-state index in [1.165, 1.54) is 4.57 Å². The summed E-state index contributed by atoms with van der Waals surface area (Å²) in [6.07, 6.45) is 1.63. The van der Waals surface area contributed by atoms with Crippen LogP contribution in [0.2, 0.25) is 0 Å². The van der Waals surface area contributed by atoms with Crippen molar-refractivity contribution in [2.24, 2.45) is 5.92 Å². The van der Waals surface area contributed by atoms with Crippen molar-refractivity contribution in [1.29, 1.82) is 0 Å². The summed E-state index contributed by atoms with van der Waals surface area (Å²) in [7, 11) is 0. The largest absolute Gasteiger partial charge is 0.355 e. The predicted octanol–water partition coefficient (Wildman–Crippen LogP) is 3.67. The van der Waals surface area contributed by atoms with Crippen LogP contribution in [0.15, 0.2) is 18.3 Å². The minimum Gasteiger partial charge on any atom is -0.355 e. The average Bonchev–Trinajstić information content (AvgIpc) is 2.74. The molecular weight excluding hydrogens is 267 g/mol. The van der Waals surface area contributed by atoms with Crippen LogP contribution in [0.1, 0.15) is 19.5 Å². The minimum atomic E-state index is -1.47. The lowest BCUT2D eigenvalue weighted by Gasteiger charge is -2.11. The van der Waals surface area contributed by atoms with Crippen LogP contribution >= 0.6 is 0 Å². The molecule has 6 heteroatoms. The van der Waals surface area contributed by atoms with Gasteiger partial charge in [0.15, 0.2) is 17.5 Å². The van der Waals surface area contributed by atoms with E-state index in [4.69, 9.17) is 0 Å². The maximum Gasteiger partial charge on any atom is 0.207 e. The third-order valence-corrected chi connectivity index (χ3v) is 2.74. The third-order valence-electron chi connectivity index (χ3n) is 2.74. The Morgan fingerprint density at radius 1 is 1.20 bits per heavy atom. The van der Waals surface area contributed by atoms with Crippen molar-refractivity contribution >= 4 is 5.95 Å². The standard InChI is InChI=1S/C14H16F3N3/c1-8(2)6-18-14-19-9(3)7-20(14)10-4-11(15)13(17)12(16)5-10/h4-5,7-8H,6H2,1-3H3,(H,18,19). The van der Waals surface area contributed by atoms with Crippen LogP contribution in [0.5, 0.6) is 0 Å². The molecule has 0 aliphatic carbocycles. The highest BCUT2D eigenvalue weighted by Gasteiger charge is 2.14. The molecule has 2 rings (SSSR count). The number of nitrogens with one attached hydrogen (secondary N) is 1. The Hall–Kier alpha value is -1.98. The van der Waals surface area contributed by atoms with Gasteiger partial charge in [0.2, 0.25) is 5.95 Å². The average molecular weight is 283 g/mol. The van der Waals surface area contributed by atoms with Gasteiger partial charge in [-0.1, -0.05) is 13.8 Å². The first-order chi connectivity index (χ1) is 9.38. The fraction of sp³-hybridized carbons (Fsp3) is 0.357. The number of aromatic nitrogens is 2. The molecule has 1 heterocycles. The Morgan fingerprint density at radius 3 is 2.35 bits per heavy atom. The number of nitrogens with zero attached hydrogens (tertiary/aromatic N) is 2. The van der Waals surface area contributed by atoms with E-state index in [0.717, 1.165) is 12.1 Å². The van der Waals surface area contributed by atoms with Crippen LogP contribution in [0.3, 0.4) is 0 Å². The highest BCUT2D eigenvalue weighted by molar-refractivity contribution is 5.43. The monoisotopic (exact) mass is 283 g/mol. The van der Waals surface area contributed by atoms with Gasteiger partial charge in [0.1, 0.15) is 0 Å². The van der Waals surface area contributed by atoms with Gasteiger partial charge in [-0.3, -0.25) is 4.57 Å². The lowest BCUT2D eigenvalue weighted by molar-refractivity contribution is 0.446. The first-order valence-electron chi connectivity index (χ1n) is 6.33. The molecular formula is C14H16F3N3. The van der Waals surface area contributed by atoms with E-state index in [1.54, 1.807) is 13.1 Å². The summed E-state index contributed by atoms with van der Waals surface area (Å²) < 4.78 is 41.1. The van der Waals surface area contributed by atoms with E-state index in [9.17, 15) is 13.2 Å². The summed E-state index contributed by atoms with van der Waals surface area (Å²) in [6, 6.07) is 1.89. The van der Waals surface area contributed by atoms with Gasteiger partial charge in [-0.25, -0.2) is 18.2 Å². The molecule has 0 unspecified atom stereocenters. The van der Waals surface area contributed by atoms with E-state index in [0.29, 0.717) is 24.1 Å². The number of hydrogen-bond donors (Lipinski definition) is 1. The molecule has 1 aromatic carbocycles. The number of aryl methyl sites for hydroxylation is 1. The summed E-state index contributed by atoms with van der Waals surface area (Å²) in [5, 5.41) is 3.10. The number of hydrogen-bond acceptors (Lipinski definition) is 2. The molecule has 0 radical (unpaired) electrons. The van der Waals surface area contributed by atoms with Gasteiger partial charge in [-0.2, -0.15) is 0 Å². The first-order valence-corrected chi connectivity index (χ1v) is 6.33. The molecule has 0 aliphatic heterocycles. The molecule has 0 atom stereocenters. The van der Waals surface area contributed by atoms with Gasteiger partial charge in [0, 0.05) is 24.9 Å². The van der Waals surface area contributed by atoms with E-state index < -0.39 is 17.5 Å². The van der Waals surface area contributed by atoms with Gasteiger partial charge in [-0.15, -0.1) is 0 Å². The number of rotatable bonds is 4. The Labute approximate surface area is 115 Å². The Bertz CT molecular complexity index is 597. The van der Waals surface area contributed by atoms with Gasteiger partial charge in [0.25, 0.3) is 0 Å². The zero-order valence-electron chi connectivity index (χ0n) is 11.5. The smallest absolute Gasteiger partial charge is 0.207 e. The molecule has 0 aliphatic rings. The molecule has 108 valence electrons. The van der Waals surface area contributed by atoms with Crippen molar-refractivity contribution < 1.29 is 13.2 Å². The fourth-order valence-electron chi connectivity index (χ4n) is 1.80. The van der Waals surface area contributed by atoms with Crippen molar-refractivity contribution in [3.05, 3.63) is 41.5 Å². The van der Waals surface area contributed by atoms with Crippen LogP contribution in [-0.4, -0.2) is 16.1 Å². The minimum absolute atomic E-state index is 0.188. The quantitative estimate of drug-likeness (QED) is 0.868. The predicted molar refractivity (Wildman–Crippen MR) is 71.5 cm³/mol. The fourth-order valence-corrected chi connectivity index (χ4v) is 1.80. The number of anilines is 1. The Kier molecular flexibility index (Phi) is 4.01. The van der Waals surface area contributed by atoms with Crippen LogP contribution in [0.4, 0.5) is 19.1 Å². The highest BCUT2D eigenvalue weighted by atomic mass is 19.2. The molecule has 20 heavy (non-hydrogen) atoms. The molecule has 1 N–H and O–H groups in total. The Balaban J connectivity index is 2.42. The molecule has 0 amide bonds. The summed E-state index contributed by atoms with van der Waals surface area (Å²) in [4.78, 5) is 4.25. The maximum atomic E-state index is 13.3. The lowest BCUT2D eigenvalue weighted by atomic mass is 10.2. The molecule has 3 nitrogen and oxygen atoms in total. The first kappa shape index (κ1) is 14.4. The van der Waals surface area contributed by atoms with E-state index in [2.05, 4.69) is 10.3 Å². The van der Waals surface area contributed by atoms with Crippen LogP contribution in [0.25, 0.3) is 5.69 Å². The summed E-state index contributed by atoms with van der Waals surface area (Å²) in [5.41, 5.74) is 0.884. The SMILES string of the molecule is Cc1cn(-c2cc(F)c(F)c(F)c2)c(NCC(C)C)n1. The number of halogens is 3. The third kappa shape index (κ3) is 2.95. The molecule has 0 bridgehead atoms. The van der Waals surface area contributed by atoms with E-state index >= 15 is 0 Å². The summed E-state index contributed by atoms with van der Waals surface area (Å²) >= 11 is 0. The van der Waals surface area contributed by atoms with Gasteiger partial charge < -0.3 is 5.32 Å². The van der Waals surface area contributed by atoms with Crippen LogP contribution in [-0.2, 0) is 0 Å².